The second kappa shape index (κ2) is 10.8. The van der Waals surface area contributed by atoms with Crippen molar-refractivity contribution in [1.82, 2.24) is 10.5 Å². The lowest BCUT2D eigenvalue weighted by Crippen LogP contribution is -2.41. The number of hydroxylamine groups is 2. The Balaban J connectivity index is 2.60. The summed E-state index contributed by atoms with van der Waals surface area (Å²) >= 11 is 0. The zero-order valence-electron chi connectivity index (χ0n) is 13.5. The van der Waals surface area contributed by atoms with Crippen LogP contribution in [0.15, 0.2) is 40.5 Å². The Morgan fingerprint density at radius 1 is 1.17 bits per heavy atom. The fourth-order valence-corrected chi connectivity index (χ4v) is 1.57. The number of guanidine groups is 2. The fraction of sp³-hybridized carbons (Fsp3) is 0.357. The molecule has 0 fully saturated rings. The molecule has 0 radical (unpaired) electrons. The van der Waals surface area contributed by atoms with Crippen molar-refractivity contribution in [2.24, 2.45) is 27.4 Å². The van der Waals surface area contributed by atoms with E-state index >= 15 is 0 Å². The molecule has 1 rings (SSSR count). The molecule has 24 heavy (non-hydrogen) atoms. The number of amides is 1. The highest BCUT2D eigenvalue weighted by molar-refractivity contribution is 5.80. The van der Waals surface area contributed by atoms with Crippen LogP contribution in [0.25, 0.3) is 0 Å². The lowest BCUT2D eigenvalue weighted by Gasteiger charge is -2.20. The highest BCUT2D eigenvalue weighted by atomic mass is 17.0. The number of rotatable bonds is 9. The number of carbonyl (C=O) groups excluding carboxylic acids is 1. The van der Waals surface area contributed by atoms with Gasteiger partial charge in [0, 0.05) is 6.54 Å². The zero-order valence-corrected chi connectivity index (χ0v) is 13.5. The van der Waals surface area contributed by atoms with Crippen molar-refractivity contribution in [2.45, 2.75) is 13.3 Å². The number of nitrogens with zero attached hydrogens (tertiary/aromatic N) is 3. The predicted octanol–water partition coefficient (Wildman–Crippen LogP) is -0.966. The third-order valence-corrected chi connectivity index (χ3v) is 2.58. The van der Waals surface area contributed by atoms with E-state index in [-0.39, 0.29) is 31.0 Å². The molecular formula is C14H23N7O3. The quantitative estimate of drug-likeness (QED) is 0.257. The summed E-state index contributed by atoms with van der Waals surface area (Å²) in [6.45, 7) is 2.23. The molecule has 0 saturated heterocycles. The van der Waals surface area contributed by atoms with Gasteiger partial charge in [0.1, 0.15) is 0 Å². The number of likely N-dealkylation sites (N-methyl/N-ethyl adjacent to an activating group) is 1. The highest BCUT2D eigenvalue weighted by Gasteiger charge is 2.13. The molecule has 10 heteroatoms. The van der Waals surface area contributed by atoms with E-state index in [9.17, 15) is 4.79 Å². The van der Waals surface area contributed by atoms with Crippen LogP contribution in [0, 0.1) is 0 Å². The van der Waals surface area contributed by atoms with E-state index in [0.717, 1.165) is 10.8 Å². The van der Waals surface area contributed by atoms with Crippen LogP contribution in [0.1, 0.15) is 12.5 Å². The summed E-state index contributed by atoms with van der Waals surface area (Å²) in [5.74, 6) is -0.851. The largest absolute Gasteiger partial charge is 0.369 e. The minimum Gasteiger partial charge on any atom is -0.369 e. The van der Waals surface area contributed by atoms with Crippen molar-refractivity contribution in [3.63, 3.8) is 0 Å². The summed E-state index contributed by atoms with van der Waals surface area (Å²) in [5, 5.41) is 10.3. The standard InChI is InChI=1S/C14H23N7O3/c1-2-18-12(22)10-24-21(14(17)20-19-13(15)16)23-9-8-11-6-4-3-5-7-11/h3-7H,2,8-10H2,1H3,(H2,17,20)(H,18,22)(H4,15,16,19). The molecule has 0 aliphatic carbocycles. The van der Waals surface area contributed by atoms with Gasteiger partial charge in [-0.1, -0.05) is 35.6 Å². The molecule has 0 atom stereocenters. The summed E-state index contributed by atoms with van der Waals surface area (Å²) < 4.78 is 0. The molecule has 10 nitrogen and oxygen atoms in total. The smallest absolute Gasteiger partial charge is 0.268 e. The fourth-order valence-electron chi connectivity index (χ4n) is 1.57. The monoisotopic (exact) mass is 337 g/mol. The minimum atomic E-state index is -0.330. The first-order valence-corrected chi connectivity index (χ1v) is 7.31. The molecule has 0 aliphatic heterocycles. The molecule has 0 bridgehead atoms. The van der Waals surface area contributed by atoms with Gasteiger partial charge in [-0.2, -0.15) is 0 Å². The van der Waals surface area contributed by atoms with Crippen LogP contribution in [0.3, 0.4) is 0 Å². The van der Waals surface area contributed by atoms with Crippen LogP contribution in [0.2, 0.25) is 0 Å². The van der Waals surface area contributed by atoms with E-state index in [1.165, 1.54) is 0 Å². The van der Waals surface area contributed by atoms with E-state index < -0.39 is 0 Å². The van der Waals surface area contributed by atoms with E-state index in [1.54, 1.807) is 6.92 Å². The molecule has 0 aromatic heterocycles. The van der Waals surface area contributed by atoms with Gasteiger partial charge in [0.15, 0.2) is 6.61 Å². The SMILES string of the molecule is CCNC(=O)CON(OCCc1ccccc1)C(N)=NN=C(N)N. The molecule has 0 unspecified atom stereocenters. The molecule has 132 valence electrons. The zero-order chi connectivity index (χ0) is 17.8. The van der Waals surface area contributed by atoms with Crippen LogP contribution in [0.4, 0.5) is 0 Å². The summed E-state index contributed by atoms with van der Waals surface area (Å²) in [6.07, 6.45) is 0.609. The summed E-state index contributed by atoms with van der Waals surface area (Å²) in [7, 11) is 0. The van der Waals surface area contributed by atoms with E-state index in [4.69, 9.17) is 26.9 Å². The Morgan fingerprint density at radius 3 is 2.50 bits per heavy atom. The van der Waals surface area contributed by atoms with Gasteiger partial charge in [-0.05, 0) is 18.9 Å². The Labute approximate surface area is 140 Å². The summed E-state index contributed by atoms with van der Waals surface area (Å²) in [5.41, 5.74) is 17.1. The number of hydrogen-bond donors (Lipinski definition) is 4. The van der Waals surface area contributed by atoms with Crippen molar-refractivity contribution in [1.29, 1.82) is 0 Å². The van der Waals surface area contributed by atoms with Crippen LogP contribution in [0.5, 0.6) is 0 Å². The van der Waals surface area contributed by atoms with E-state index in [2.05, 4.69) is 15.5 Å². The van der Waals surface area contributed by atoms with Gasteiger partial charge in [-0.15, -0.1) is 10.2 Å². The Kier molecular flexibility index (Phi) is 8.64. The summed E-state index contributed by atoms with van der Waals surface area (Å²) in [6, 6.07) is 9.69. The second-order valence-corrected chi connectivity index (χ2v) is 4.54. The third-order valence-electron chi connectivity index (χ3n) is 2.58. The molecule has 0 aliphatic rings. The predicted molar refractivity (Wildman–Crippen MR) is 90.0 cm³/mol. The molecule has 1 amide bonds. The van der Waals surface area contributed by atoms with Gasteiger partial charge in [0.05, 0.1) is 6.61 Å². The Bertz CT molecular complexity index is 559. The van der Waals surface area contributed by atoms with Crippen LogP contribution in [-0.4, -0.2) is 42.8 Å². The maximum absolute atomic E-state index is 11.5. The van der Waals surface area contributed by atoms with Crippen LogP contribution in [-0.2, 0) is 20.9 Å². The normalized spacial score (nSPS) is 11.0. The van der Waals surface area contributed by atoms with Gasteiger partial charge in [-0.3, -0.25) is 4.79 Å². The Hall–Kier alpha value is -2.85. The lowest BCUT2D eigenvalue weighted by atomic mass is 10.2. The van der Waals surface area contributed by atoms with Crippen LogP contribution < -0.4 is 22.5 Å². The second-order valence-electron chi connectivity index (χ2n) is 4.54. The van der Waals surface area contributed by atoms with Gasteiger partial charge in [0.2, 0.25) is 11.9 Å². The third kappa shape index (κ3) is 7.96. The average molecular weight is 337 g/mol. The first-order chi connectivity index (χ1) is 11.5. The first-order valence-electron chi connectivity index (χ1n) is 7.31. The molecule has 0 spiro atoms. The molecule has 7 N–H and O–H groups in total. The van der Waals surface area contributed by atoms with Gasteiger partial charge < -0.3 is 22.5 Å². The highest BCUT2D eigenvalue weighted by Crippen LogP contribution is 2.02. The number of benzene rings is 1. The van der Waals surface area contributed by atoms with Gasteiger partial charge in [0.25, 0.3) is 5.96 Å². The Morgan fingerprint density at radius 2 is 1.88 bits per heavy atom. The number of hydrogen-bond acceptors (Lipinski definition) is 5. The molecule has 1 aromatic rings. The van der Waals surface area contributed by atoms with Crippen molar-refractivity contribution >= 4 is 17.8 Å². The van der Waals surface area contributed by atoms with Crippen molar-refractivity contribution in [3.05, 3.63) is 35.9 Å². The van der Waals surface area contributed by atoms with Crippen molar-refractivity contribution in [2.75, 3.05) is 19.8 Å². The molecule has 0 heterocycles. The number of carbonyl (C=O) groups is 1. The average Bonchev–Trinajstić information content (AvgIpc) is 2.57. The van der Waals surface area contributed by atoms with Crippen molar-refractivity contribution in [3.8, 4) is 0 Å². The topological polar surface area (TPSA) is 154 Å². The molecule has 1 aromatic carbocycles. The lowest BCUT2D eigenvalue weighted by molar-refractivity contribution is -0.313. The first kappa shape index (κ1) is 19.2. The van der Waals surface area contributed by atoms with E-state index in [1.807, 2.05) is 30.3 Å². The maximum Gasteiger partial charge on any atom is 0.268 e. The molecular weight excluding hydrogens is 314 g/mol. The maximum atomic E-state index is 11.5. The van der Waals surface area contributed by atoms with Gasteiger partial charge >= 0.3 is 0 Å². The number of nitrogens with two attached hydrogens (primary N) is 3. The number of nitrogens with one attached hydrogen (secondary N) is 1. The minimum absolute atomic E-state index is 0.247. The van der Waals surface area contributed by atoms with Crippen molar-refractivity contribution < 1.29 is 14.5 Å². The van der Waals surface area contributed by atoms with Gasteiger partial charge in [-0.25, -0.2) is 9.68 Å². The van der Waals surface area contributed by atoms with E-state index in [0.29, 0.717) is 13.0 Å². The van der Waals surface area contributed by atoms with Crippen LogP contribution >= 0.6 is 0 Å². The summed E-state index contributed by atoms with van der Waals surface area (Å²) in [4.78, 5) is 22.0. The molecule has 0 saturated carbocycles.